The van der Waals surface area contributed by atoms with Gasteiger partial charge in [0.25, 0.3) is 0 Å². The summed E-state index contributed by atoms with van der Waals surface area (Å²) in [7, 11) is 0. The summed E-state index contributed by atoms with van der Waals surface area (Å²) in [4.78, 5) is 0. The number of rotatable bonds is 11. The highest BCUT2D eigenvalue weighted by molar-refractivity contribution is 6.32. The van der Waals surface area contributed by atoms with Gasteiger partial charge in [-0.15, -0.1) is 11.6 Å². The first kappa shape index (κ1) is 26.5. The highest BCUT2D eigenvalue weighted by Crippen LogP contribution is 2.55. The molecular weight excluding hydrogens is 492 g/mol. The maximum absolute atomic E-state index is 13.7. The summed E-state index contributed by atoms with van der Waals surface area (Å²) in [6, 6.07) is 11.6. The van der Waals surface area contributed by atoms with Crippen molar-refractivity contribution in [3.8, 4) is 0 Å². The van der Waals surface area contributed by atoms with Gasteiger partial charge in [0.2, 0.25) is 0 Å². The maximum Gasteiger partial charge on any atom is 0.122 e. The Morgan fingerprint density at radius 3 is 2.41 bits per heavy atom. The van der Waals surface area contributed by atoms with Gasteiger partial charge >= 0.3 is 0 Å². The molecule has 3 atom stereocenters. The minimum atomic E-state index is -1.32. The Bertz CT molecular complexity index is 1090. The van der Waals surface area contributed by atoms with E-state index >= 15 is 0 Å². The van der Waals surface area contributed by atoms with Crippen molar-refractivity contribution in [2.24, 2.45) is 5.92 Å². The highest BCUT2D eigenvalue weighted by atomic mass is 35.5. The lowest BCUT2D eigenvalue weighted by Gasteiger charge is -2.19. The number of nitrogens with one attached hydrogen (secondary N) is 3. The minimum Gasteiger partial charge on any atom is -0.384 e. The number of alkyl halides is 2. The van der Waals surface area contributed by atoms with Crippen LogP contribution in [0.5, 0.6) is 0 Å². The zero-order chi connectivity index (χ0) is 25.2. The Morgan fingerprint density at radius 2 is 1.76 bits per heavy atom. The van der Waals surface area contributed by atoms with Crippen LogP contribution in [0.25, 0.3) is 5.70 Å². The van der Waals surface area contributed by atoms with Crippen molar-refractivity contribution in [2.45, 2.75) is 37.7 Å². The first-order chi connectivity index (χ1) is 15.9. The van der Waals surface area contributed by atoms with Crippen molar-refractivity contribution in [1.29, 1.82) is 0 Å². The Kier molecular flexibility index (Phi) is 8.28. The fraction of sp³-hybridized carbons (Fsp3) is 0.333. The van der Waals surface area contributed by atoms with Gasteiger partial charge in [0.15, 0.2) is 0 Å². The van der Waals surface area contributed by atoms with Gasteiger partial charge in [-0.3, -0.25) is 0 Å². The highest BCUT2D eigenvalue weighted by Gasteiger charge is 2.51. The molecule has 3 unspecified atom stereocenters. The standard InChI is InChI=1S/C27H31Cl3FN3/c1-15-9-19(11-20(28)10-15)25-24(26(25)30)18(4)34-21-7-8-23(29)22(12-21)17(3)32-13-16(2)33-14-27(5,6)31/h7-12,24-26,32-34H,2-4,13-14H2,1,5-6H3. The molecular formula is C27H31Cl3FN3. The zero-order valence-corrected chi connectivity index (χ0v) is 22.0. The minimum absolute atomic E-state index is 0.0471. The lowest BCUT2D eigenvalue weighted by atomic mass is 10.1. The van der Waals surface area contributed by atoms with Gasteiger partial charge in [-0.05, 0) is 62.2 Å². The summed E-state index contributed by atoms with van der Waals surface area (Å²) in [6.45, 7) is 17.9. The van der Waals surface area contributed by atoms with Gasteiger partial charge in [0, 0.05) is 56.8 Å². The zero-order valence-electron chi connectivity index (χ0n) is 19.7. The molecule has 3 nitrogen and oxygen atoms in total. The predicted octanol–water partition coefficient (Wildman–Crippen LogP) is 7.66. The number of hydrogen-bond donors (Lipinski definition) is 3. The van der Waals surface area contributed by atoms with E-state index in [9.17, 15) is 4.39 Å². The third kappa shape index (κ3) is 6.94. The van der Waals surface area contributed by atoms with Crippen LogP contribution in [0.1, 0.15) is 36.5 Å². The lowest BCUT2D eigenvalue weighted by molar-refractivity contribution is 0.215. The molecule has 1 fully saturated rings. The molecule has 7 heteroatoms. The summed E-state index contributed by atoms with van der Waals surface area (Å²) >= 11 is 19.3. The van der Waals surface area contributed by atoms with Crippen LogP contribution in [0.2, 0.25) is 10.0 Å². The van der Waals surface area contributed by atoms with E-state index < -0.39 is 5.67 Å². The SMILES string of the molecule is C=C(CNC(=C)c1cc(NC(=C)C2C(Cl)C2c2cc(C)cc(Cl)c2)ccc1Cl)NCC(C)(C)F. The molecule has 0 aromatic heterocycles. The number of aryl methyl sites for hydroxylation is 1. The molecule has 182 valence electrons. The van der Waals surface area contributed by atoms with E-state index in [1.807, 2.05) is 31.2 Å². The predicted molar refractivity (Wildman–Crippen MR) is 146 cm³/mol. The summed E-state index contributed by atoms with van der Waals surface area (Å²) < 4.78 is 13.7. The smallest absolute Gasteiger partial charge is 0.122 e. The van der Waals surface area contributed by atoms with Crippen LogP contribution in [0.3, 0.4) is 0 Å². The first-order valence-electron chi connectivity index (χ1n) is 11.1. The Balaban J connectivity index is 1.62. The van der Waals surface area contributed by atoms with Crippen LogP contribution in [-0.4, -0.2) is 24.1 Å². The molecule has 1 aliphatic rings. The molecule has 34 heavy (non-hydrogen) atoms. The Labute approximate surface area is 217 Å². The second-order valence-corrected chi connectivity index (χ2v) is 10.8. The van der Waals surface area contributed by atoms with Crippen LogP contribution in [0, 0.1) is 12.8 Å². The van der Waals surface area contributed by atoms with E-state index in [1.54, 1.807) is 6.07 Å². The molecule has 0 amide bonds. The monoisotopic (exact) mass is 521 g/mol. The van der Waals surface area contributed by atoms with E-state index in [2.05, 4.69) is 41.8 Å². The number of halogens is 4. The third-order valence-electron chi connectivity index (χ3n) is 5.65. The molecule has 3 N–H and O–H groups in total. The molecule has 0 radical (unpaired) electrons. The average Bonchev–Trinajstić information content (AvgIpc) is 3.41. The Morgan fingerprint density at radius 1 is 1.06 bits per heavy atom. The van der Waals surface area contributed by atoms with Crippen LogP contribution in [0.15, 0.2) is 67.5 Å². The van der Waals surface area contributed by atoms with Crippen molar-refractivity contribution < 1.29 is 4.39 Å². The topological polar surface area (TPSA) is 36.1 Å². The average molecular weight is 523 g/mol. The molecule has 3 rings (SSSR count). The van der Waals surface area contributed by atoms with Gasteiger partial charge < -0.3 is 16.0 Å². The normalized spacial score (nSPS) is 19.3. The number of anilines is 1. The summed E-state index contributed by atoms with van der Waals surface area (Å²) in [5.41, 5.74) is 4.62. The number of benzene rings is 2. The molecule has 2 aromatic rings. The fourth-order valence-electron chi connectivity index (χ4n) is 3.84. The number of allylic oxidation sites excluding steroid dienone is 1. The van der Waals surface area contributed by atoms with Crippen molar-refractivity contribution in [3.63, 3.8) is 0 Å². The van der Waals surface area contributed by atoms with Crippen molar-refractivity contribution in [3.05, 3.63) is 94.3 Å². The molecule has 1 saturated carbocycles. The quantitative estimate of drug-likeness (QED) is 0.265. The summed E-state index contributed by atoms with van der Waals surface area (Å²) in [5, 5.41) is 10.8. The maximum atomic E-state index is 13.7. The second-order valence-electron chi connectivity index (χ2n) is 9.41. The van der Waals surface area contributed by atoms with Crippen molar-refractivity contribution >= 4 is 46.2 Å². The van der Waals surface area contributed by atoms with Gasteiger partial charge in [-0.2, -0.15) is 0 Å². The molecule has 0 spiro atoms. The third-order valence-corrected chi connectivity index (χ3v) is 6.74. The Hall–Kier alpha value is -2.14. The van der Waals surface area contributed by atoms with Crippen molar-refractivity contribution in [1.82, 2.24) is 10.6 Å². The second kappa shape index (κ2) is 10.6. The van der Waals surface area contributed by atoms with E-state index in [4.69, 9.17) is 34.8 Å². The molecule has 0 aliphatic heterocycles. The molecule has 0 bridgehead atoms. The molecule has 1 aliphatic carbocycles. The van der Waals surface area contributed by atoms with Gasteiger partial charge in [-0.25, -0.2) is 4.39 Å². The van der Waals surface area contributed by atoms with Crippen molar-refractivity contribution in [2.75, 3.05) is 18.4 Å². The number of hydrogen-bond acceptors (Lipinski definition) is 3. The van der Waals surface area contributed by atoms with E-state index in [-0.39, 0.29) is 23.8 Å². The van der Waals surface area contributed by atoms with E-state index in [0.29, 0.717) is 28.0 Å². The van der Waals surface area contributed by atoms with Gasteiger partial charge in [-0.1, -0.05) is 49.0 Å². The van der Waals surface area contributed by atoms with Crippen LogP contribution >= 0.6 is 34.8 Å². The van der Waals surface area contributed by atoms with Gasteiger partial charge in [0.05, 0.1) is 11.9 Å². The van der Waals surface area contributed by atoms with Crippen LogP contribution < -0.4 is 16.0 Å². The molecule has 0 saturated heterocycles. The van der Waals surface area contributed by atoms with Crippen LogP contribution in [-0.2, 0) is 0 Å². The summed E-state index contributed by atoms with van der Waals surface area (Å²) in [6.07, 6.45) is 0. The van der Waals surface area contributed by atoms with Gasteiger partial charge in [0.1, 0.15) is 5.67 Å². The van der Waals surface area contributed by atoms with E-state index in [1.165, 1.54) is 13.8 Å². The molecule has 0 heterocycles. The molecule has 2 aromatic carbocycles. The van der Waals surface area contributed by atoms with Crippen LogP contribution in [0.4, 0.5) is 10.1 Å². The van der Waals surface area contributed by atoms with E-state index in [0.717, 1.165) is 28.1 Å². The first-order valence-corrected chi connectivity index (χ1v) is 12.2. The largest absolute Gasteiger partial charge is 0.384 e. The lowest BCUT2D eigenvalue weighted by Crippen LogP contribution is -2.33. The fourth-order valence-corrected chi connectivity index (χ4v) is 4.90. The summed E-state index contributed by atoms with van der Waals surface area (Å²) in [5.74, 6) is 0.254.